The maximum atomic E-state index is 12.8. The van der Waals surface area contributed by atoms with Crippen molar-refractivity contribution in [2.75, 3.05) is 0 Å². The molecule has 0 radical (unpaired) electrons. The number of thiazole rings is 1. The van der Waals surface area contributed by atoms with Gasteiger partial charge in [0.25, 0.3) is 5.56 Å². The smallest absolute Gasteiger partial charge is 0.294 e. The van der Waals surface area contributed by atoms with Gasteiger partial charge in [0.05, 0.1) is 14.6 Å². The molecule has 1 N–H and O–H groups in total. The fourth-order valence-electron chi connectivity index (χ4n) is 2.78. The second-order valence-corrected chi connectivity index (χ2v) is 8.63. The van der Waals surface area contributed by atoms with Gasteiger partial charge in [0.2, 0.25) is 5.91 Å². The lowest BCUT2D eigenvalue weighted by Crippen LogP contribution is -2.33. The Morgan fingerprint density at radius 2 is 2.07 bits per heavy atom. The summed E-state index contributed by atoms with van der Waals surface area (Å²) < 4.78 is 1.93. The van der Waals surface area contributed by atoms with Crippen molar-refractivity contribution in [3.05, 3.63) is 67.7 Å². The summed E-state index contributed by atoms with van der Waals surface area (Å²) in [6.07, 6.45) is 0. The average molecular weight is 431 g/mol. The molecular formula is C19H15ClN4O2S2. The molecule has 142 valence electrons. The van der Waals surface area contributed by atoms with Crippen molar-refractivity contribution in [1.82, 2.24) is 20.1 Å². The van der Waals surface area contributed by atoms with Crippen LogP contribution in [0.5, 0.6) is 0 Å². The summed E-state index contributed by atoms with van der Waals surface area (Å²) in [5.41, 5.74) is 1.46. The summed E-state index contributed by atoms with van der Waals surface area (Å²) >= 11 is 9.07. The number of rotatable bonds is 5. The summed E-state index contributed by atoms with van der Waals surface area (Å²) in [5, 5.41) is 10.6. The molecule has 0 aliphatic heterocycles. The van der Waals surface area contributed by atoms with E-state index in [0.717, 1.165) is 20.1 Å². The average Bonchev–Trinajstić information content (AvgIpc) is 3.33. The normalized spacial score (nSPS) is 11.1. The van der Waals surface area contributed by atoms with Gasteiger partial charge in [-0.1, -0.05) is 35.9 Å². The lowest BCUT2D eigenvalue weighted by atomic mass is 10.2. The Hall–Kier alpha value is -2.55. The van der Waals surface area contributed by atoms with E-state index in [9.17, 15) is 9.59 Å². The Morgan fingerprint density at radius 3 is 2.82 bits per heavy atom. The summed E-state index contributed by atoms with van der Waals surface area (Å²) in [7, 11) is 0. The molecule has 0 unspecified atom stereocenters. The van der Waals surface area contributed by atoms with Crippen LogP contribution in [-0.4, -0.2) is 20.7 Å². The fraction of sp³-hybridized carbons (Fsp3) is 0.158. The molecule has 0 saturated carbocycles. The van der Waals surface area contributed by atoms with Crippen molar-refractivity contribution in [3.8, 4) is 10.6 Å². The molecule has 0 atom stereocenters. The van der Waals surface area contributed by atoms with Crippen molar-refractivity contribution in [2.24, 2.45) is 0 Å². The maximum Gasteiger partial charge on any atom is 0.294 e. The number of fused-ring (bicyclic) bond motifs is 1. The molecule has 0 aliphatic carbocycles. The van der Waals surface area contributed by atoms with Gasteiger partial charge in [0, 0.05) is 11.6 Å². The van der Waals surface area contributed by atoms with E-state index in [-0.39, 0.29) is 24.6 Å². The Balaban J connectivity index is 1.63. The summed E-state index contributed by atoms with van der Waals surface area (Å²) in [5.74, 6) is -0.321. The predicted molar refractivity (Wildman–Crippen MR) is 113 cm³/mol. The highest BCUT2D eigenvalue weighted by Crippen LogP contribution is 2.31. The Morgan fingerprint density at radius 1 is 1.25 bits per heavy atom. The minimum Gasteiger partial charge on any atom is -0.350 e. The number of aromatic nitrogens is 3. The second kappa shape index (κ2) is 7.83. The number of thiophene rings is 1. The van der Waals surface area contributed by atoms with E-state index in [2.05, 4.69) is 15.4 Å². The molecule has 0 spiro atoms. The first kappa shape index (κ1) is 18.8. The van der Waals surface area contributed by atoms with Gasteiger partial charge in [0.1, 0.15) is 12.2 Å². The van der Waals surface area contributed by atoms with E-state index in [1.54, 1.807) is 6.07 Å². The van der Waals surface area contributed by atoms with Gasteiger partial charge in [-0.15, -0.1) is 22.7 Å². The van der Waals surface area contributed by atoms with E-state index in [1.165, 1.54) is 27.4 Å². The maximum absolute atomic E-state index is 12.8. The molecule has 4 aromatic rings. The number of carbonyl (C=O) groups excluding carboxylic acids is 1. The van der Waals surface area contributed by atoms with Crippen LogP contribution in [0.3, 0.4) is 0 Å². The first-order valence-electron chi connectivity index (χ1n) is 8.45. The highest BCUT2D eigenvalue weighted by Gasteiger charge is 2.18. The van der Waals surface area contributed by atoms with Crippen molar-refractivity contribution in [1.29, 1.82) is 0 Å². The lowest BCUT2D eigenvalue weighted by molar-refractivity contribution is -0.122. The third-order valence-electron chi connectivity index (χ3n) is 4.09. The standard InChI is InChI=1S/C19H15ClN4O2S2/c1-11-22-17-18(28-11)16(14-7-4-8-27-14)23-24(19(17)26)10-15(25)21-9-12-5-2-3-6-13(12)20/h2-8H,9-10H2,1H3,(H,21,25). The Kier molecular flexibility index (Phi) is 5.25. The van der Waals surface area contributed by atoms with E-state index >= 15 is 0 Å². The van der Waals surface area contributed by atoms with Gasteiger partial charge in [-0.3, -0.25) is 9.59 Å². The van der Waals surface area contributed by atoms with Gasteiger partial charge < -0.3 is 5.32 Å². The van der Waals surface area contributed by atoms with E-state index in [0.29, 0.717) is 16.2 Å². The van der Waals surface area contributed by atoms with Gasteiger partial charge in [-0.25, -0.2) is 9.67 Å². The van der Waals surface area contributed by atoms with Gasteiger partial charge in [-0.05, 0) is 30.0 Å². The van der Waals surface area contributed by atoms with Crippen molar-refractivity contribution < 1.29 is 4.79 Å². The highest BCUT2D eigenvalue weighted by molar-refractivity contribution is 7.20. The van der Waals surface area contributed by atoms with Crippen LogP contribution in [0.4, 0.5) is 0 Å². The number of carbonyl (C=O) groups is 1. The molecule has 3 heterocycles. The lowest BCUT2D eigenvalue weighted by Gasteiger charge is -2.09. The molecule has 6 nitrogen and oxygen atoms in total. The number of nitrogens with one attached hydrogen (secondary N) is 1. The van der Waals surface area contributed by atoms with Crippen LogP contribution in [0.25, 0.3) is 20.8 Å². The van der Waals surface area contributed by atoms with Crippen LogP contribution in [0, 0.1) is 6.92 Å². The third-order valence-corrected chi connectivity index (χ3v) is 6.31. The van der Waals surface area contributed by atoms with Crippen LogP contribution in [-0.2, 0) is 17.9 Å². The van der Waals surface area contributed by atoms with Crippen molar-refractivity contribution >= 4 is 50.4 Å². The molecule has 3 aromatic heterocycles. The van der Waals surface area contributed by atoms with E-state index < -0.39 is 0 Å². The molecule has 4 rings (SSSR count). The van der Waals surface area contributed by atoms with Crippen LogP contribution in [0.15, 0.2) is 46.6 Å². The zero-order valence-electron chi connectivity index (χ0n) is 14.8. The first-order valence-corrected chi connectivity index (χ1v) is 10.5. The number of benzene rings is 1. The van der Waals surface area contributed by atoms with Crippen LogP contribution in [0.2, 0.25) is 5.02 Å². The number of nitrogens with zero attached hydrogens (tertiary/aromatic N) is 3. The summed E-state index contributed by atoms with van der Waals surface area (Å²) in [6.45, 7) is 1.94. The fourth-order valence-corrected chi connectivity index (χ4v) is 4.67. The molecule has 1 aromatic carbocycles. The Bertz CT molecular complexity index is 1210. The number of hydrogen-bond acceptors (Lipinski definition) is 6. The monoisotopic (exact) mass is 430 g/mol. The van der Waals surface area contributed by atoms with Crippen LogP contribution in [0.1, 0.15) is 10.6 Å². The number of amides is 1. The topological polar surface area (TPSA) is 76.9 Å². The minimum atomic E-state index is -0.368. The quantitative estimate of drug-likeness (QED) is 0.521. The number of halogens is 1. The second-order valence-electron chi connectivity index (χ2n) is 6.07. The molecule has 28 heavy (non-hydrogen) atoms. The van der Waals surface area contributed by atoms with E-state index in [1.807, 2.05) is 42.6 Å². The zero-order valence-corrected chi connectivity index (χ0v) is 17.2. The SMILES string of the molecule is Cc1nc2c(=O)n(CC(=O)NCc3ccccc3Cl)nc(-c3cccs3)c2s1. The highest BCUT2D eigenvalue weighted by atomic mass is 35.5. The molecule has 0 aliphatic rings. The summed E-state index contributed by atoms with van der Waals surface area (Å²) in [4.78, 5) is 30.5. The van der Waals surface area contributed by atoms with Gasteiger partial charge in [-0.2, -0.15) is 5.10 Å². The molecule has 9 heteroatoms. The van der Waals surface area contributed by atoms with Crippen molar-refractivity contribution in [3.63, 3.8) is 0 Å². The molecule has 0 fully saturated rings. The Labute approximate surface area is 173 Å². The van der Waals surface area contributed by atoms with Crippen LogP contribution >= 0.6 is 34.3 Å². The molecule has 0 bridgehead atoms. The number of aryl methyl sites for hydroxylation is 1. The largest absolute Gasteiger partial charge is 0.350 e. The minimum absolute atomic E-state index is 0.186. The van der Waals surface area contributed by atoms with Crippen LogP contribution < -0.4 is 10.9 Å². The molecule has 1 amide bonds. The first-order chi connectivity index (χ1) is 13.5. The van der Waals surface area contributed by atoms with Crippen molar-refractivity contribution in [2.45, 2.75) is 20.0 Å². The predicted octanol–water partition coefficient (Wildman–Crippen LogP) is 3.86. The van der Waals surface area contributed by atoms with Gasteiger partial charge in [0.15, 0.2) is 5.52 Å². The number of hydrogen-bond donors (Lipinski definition) is 1. The molecule has 0 saturated heterocycles. The van der Waals surface area contributed by atoms with E-state index in [4.69, 9.17) is 11.6 Å². The molecular weight excluding hydrogens is 416 g/mol. The van der Waals surface area contributed by atoms with Gasteiger partial charge >= 0.3 is 0 Å². The zero-order chi connectivity index (χ0) is 19.7. The third kappa shape index (κ3) is 3.71. The summed E-state index contributed by atoms with van der Waals surface area (Å²) in [6, 6.07) is 11.1.